The molecule has 0 unspecified atom stereocenters. The fourth-order valence-corrected chi connectivity index (χ4v) is 1.97. The minimum absolute atomic E-state index is 0. The Labute approximate surface area is 211 Å². The summed E-state index contributed by atoms with van der Waals surface area (Å²) < 4.78 is 59.2. The Morgan fingerprint density at radius 2 is 1.24 bits per heavy atom. The van der Waals surface area contributed by atoms with E-state index in [1.165, 1.54) is 11.1 Å². The van der Waals surface area contributed by atoms with Gasteiger partial charge in [-0.15, -0.1) is 0 Å². The van der Waals surface area contributed by atoms with Crippen molar-refractivity contribution in [2.45, 2.75) is 26.7 Å². The summed E-state index contributed by atoms with van der Waals surface area (Å²) in [5.74, 6) is 1.23. The van der Waals surface area contributed by atoms with E-state index in [-0.39, 0.29) is 49.3 Å². The number of nitrogen functional groups attached to an aromatic ring is 2. The Balaban J connectivity index is -0.000000431. The van der Waals surface area contributed by atoms with Gasteiger partial charge in [-0.05, 0) is 30.5 Å². The van der Waals surface area contributed by atoms with Gasteiger partial charge in [0.2, 0.25) is 11.9 Å². The number of anilines is 2. The zero-order valence-electron chi connectivity index (χ0n) is 18.1. The van der Waals surface area contributed by atoms with E-state index >= 15 is 0 Å². The number of halogens is 7. The average Bonchev–Trinajstić information content (AvgIpc) is 2.60. The molecule has 0 aliphatic carbocycles. The van der Waals surface area contributed by atoms with Crippen LogP contribution in [-0.4, -0.2) is 25.4 Å². The van der Waals surface area contributed by atoms with Crippen LogP contribution in [0.5, 0.6) is 0 Å². The summed E-state index contributed by atoms with van der Waals surface area (Å²) in [5.41, 5.74) is 14.2. The third-order valence-corrected chi connectivity index (χ3v) is 3.31. The molecule has 0 aliphatic heterocycles. The molecule has 0 saturated heterocycles. The summed E-state index contributed by atoms with van der Waals surface area (Å²) in [5, 5.41) is 0. The zero-order valence-corrected chi connectivity index (χ0v) is 21.5. The first-order valence-electron chi connectivity index (χ1n) is 8.72. The zero-order chi connectivity index (χ0) is 23.9. The molecule has 0 radical (unpaired) electrons. The molecule has 3 aromatic rings. The summed E-state index contributed by atoms with van der Waals surface area (Å²) in [6.07, 6.45) is 1.64. The maximum atomic E-state index is 9.87. The number of aryl methyl sites for hydroxylation is 1. The Bertz CT molecular complexity index is 968. The van der Waals surface area contributed by atoms with E-state index in [0.29, 0.717) is 17.4 Å². The van der Waals surface area contributed by atoms with E-state index < -0.39 is 7.81 Å². The van der Waals surface area contributed by atoms with Gasteiger partial charge in [0.15, 0.2) is 5.82 Å². The smallest absolute Gasteiger partial charge is 1.00 e. The topological polar surface area (TPSA) is 135 Å². The minimum Gasteiger partial charge on any atom is -1.00 e. The molecule has 34 heavy (non-hydrogen) atoms. The number of nitrogens with zero attached hydrogens (tertiary/aromatic N) is 4. The van der Waals surface area contributed by atoms with Crippen molar-refractivity contribution in [3.05, 3.63) is 59.8 Å². The van der Waals surface area contributed by atoms with E-state index in [4.69, 9.17) is 11.5 Å². The average molecular weight is 622 g/mol. The molecule has 0 spiro atoms. The van der Waals surface area contributed by atoms with Crippen molar-refractivity contribution in [3.8, 4) is 11.5 Å². The molecule has 0 aliphatic rings. The second-order valence-corrected chi connectivity index (χ2v) is 8.53. The normalized spacial score (nSPS) is 11.9. The van der Waals surface area contributed by atoms with Crippen molar-refractivity contribution in [3.63, 3.8) is 0 Å². The van der Waals surface area contributed by atoms with Gasteiger partial charge < -0.3 is 29.4 Å². The van der Waals surface area contributed by atoms with Crippen molar-refractivity contribution < 1.29 is 62.5 Å². The van der Waals surface area contributed by atoms with Crippen LogP contribution in [0, 0.1) is 6.92 Å². The molecule has 6 N–H and O–H groups in total. The summed E-state index contributed by atoms with van der Waals surface area (Å²) in [6.45, 7) is 6.54. The fourth-order valence-electron chi connectivity index (χ4n) is 1.97. The minimum atomic E-state index is -10.7. The number of aromatic nitrogens is 4. The fraction of sp³-hybridized carbons (Fsp3) is 0.222. The van der Waals surface area contributed by atoms with Crippen molar-refractivity contribution in [1.29, 1.82) is 0 Å². The van der Waals surface area contributed by atoms with Crippen molar-refractivity contribution in [2.24, 2.45) is 0 Å². The summed E-state index contributed by atoms with van der Waals surface area (Å²) in [4.78, 5) is 15.6. The molecule has 0 saturated carbocycles. The summed E-state index contributed by atoms with van der Waals surface area (Å²) >= 11 is 0. The number of hydrogen-bond donors (Lipinski definition) is 2. The van der Waals surface area contributed by atoms with E-state index in [2.05, 4.69) is 65.0 Å². The number of nitrogens with two attached hydrogens (primary N) is 2. The van der Waals surface area contributed by atoms with E-state index in [9.17, 15) is 25.2 Å². The Morgan fingerprint density at radius 1 is 0.794 bits per heavy atom. The van der Waals surface area contributed by atoms with Gasteiger partial charge in [0, 0.05) is 6.20 Å². The van der Waals surface area contributed by atoms with Gasteiger partial charge >= 0.3 is 52.5 Å². The Kier molecular flexibility index (Phi) is 14.0. The van der Waals surface area contributed by atoms with Crippen molar-refractivity contribution in [2.75, 3.05) is 11.5 Å². The van der Waals surface area contributed by atoms with Crippen LogP contribution in [0.4, 0.5) is 37.1 Å². The van der Waals surface area contributed by atoms with Crippen LogP contribution in [0.15, 0.2) is 48.7 Å². The maximum Gasteiger partial charge on any atom is 2.00 e. The van der Waals surface area contributed by atoms with Gasteiger partial charge in [-0.25, -0.2) is 0 Å². The third kappa shape index (κ3) is 19.3. The number of rotatable bonds is 2. The van der Waals surface area contributed by atoms with E-state index in [1.54, 1.807) is 18.3 Å². The Morgan fingerprint density at radius 3 is 1.59 bits per heavy atom. The van der Waals surface area contributed by atoms with Gasteiger partial charge in [-0.3, -0.25) is 4.98 Å². The van der Waals surface area contributed by atoms with Crippen LogP contribution in [0.3, 0.4) is 0 Å². The number of hydrogen-bond acceptors (Lipinski definition) is 6. The molecule has 2 heterocycles. The molecule has 0 atom stereocenters. The summed E-state index contributed by atoms with van der Waals surface area (Å²) in [7, 11) is -10.7. The molecular formula is C18H24ClF6N6OPRu. The third-order valence-electron chi connectivity index (χ3n) is 3.31. The Hall–Kier alpha value is -2.14. The van der Waals surface area contributed by atoms with Gasteiger partial charge in [0.05, 0.1) is 0 Å². The first-order chi connectivity index (χ1) is 13.9. The van der Waals surface area contributed by atoms with Gasteiger partial charge in [-0.2, -0.15) is 15.0 Å². The van der Waals surface area contributed by atoms with Crippen molar-refractivity contribution >= 4 is 19.7 Å². The first kappa shape index (κ1) is 36.4. The molecule has 0 bridgehead atoms. The van der Waals surface area contributed by atoms with Crippen LogP contribution in [0.1, 0.15) is 30.9 Å². The van der Waals surface area contributed by atoms with Gasteiger partial charge in [0.1, 0.15) is 5.69 Å². The molecular weight excluding hydrogens is 598 g/mol. The van der Waals surface area contributed by atoms with Gasteiger partial charge in [0.25, 0.3) is 0 Å². The SMILES string of the molecule is Cc1ccc(C(C)C)cc1.F[P-](F)(F)(F)(F)F.Nc1nc(N)nc(-c2ccccn2)n1.O.[Cl-].[Ru+2]. The second-order valence-electron chi connectivity index (χ2n) is 6.61. The molecule has 2 aromatic heterocycles. The van der Waals surface area contributed by atoms with Crippen LogP contribution in [-0.2, 0) is 19.5 Å². The number of benzene rings is 1. The van der Waals surface area contributed by atoms with E-state index in [0.717, 1.165) is 0 Å². The molecule has 3 rings (SSSR count). The predicted octanol–water partition coefficient (Wildman–Crippen LogP) is 2.78. The van der Waals surface area contributed by atoms with Crippen LogP contribution in [0.25, 0.3) is 11.5 Å². The second kappa shape index (κ2) is 13.1. The maximum absolute atomic E-state index is 10.7. The van der Waals surface area contributed by atoms with Gasteiger partial charge in [-0.1, -0.05) is 49.7 Å². The molecule has 194 valence electrons. The predicted molar refractivity (Wildman–Crippen MR) is 114 cm³/mol. The molecule has 0 fully saturated rings. The van der Waals surface area contributed by atoms with Crippen molar-refractivity contribution in [1.82, 2.24) is 19.9 Å². The molecule has 16 heteroatoms. The van der Waals surface area contributed by atoms with Crippen LogP contribution in [0.2, 0.25) is 0 Å². The molecule has 0 amide bonds. The standard InChI is InChI=1S/C10H14.C8H8N6.ClH.F6P.H2O.Ru/c1-8(2)10-6-4-9(3)5-7-10;9-7-12-6(13-8(10)14-7)5-3-1-2-4-11-5;;1-7(2,3,4,5)6;;/h4-8H,1-3H3;1-4H,(H4,9,10,12,13,14);1H;;1H2;/q;;;-1;;+2/p-1. The quantitative estimate of drug-likeness (QED) is 0.257. The summed E-state index contributed by atoms with van der Waals surface area (Å²) in [6, 6.07) is 14.1. The van der Waals surface area contributed by atoms with Crippen LogP contribution >= 0.6 is 7.81 Å². The van der Waals surface area contributed by atoms with E-state index in [1.807, 2.05) is 6.07 Å². The first-order valence-corrected chi connectivity index (χ1v) is 10.7. The van der Waals surface area contributed by atoms with Crippen LogP contribution < -0.4 is 23.9 Å². The monoisotopic (exact) mass is 622 g/mol. The number of pyridine rings is 1. The molecule has 1 aromatic carbocycles. The largest absolute Gasteiger partial charge is 2.00 e. The molecule has 7 nitrogen and oxygen atoms in total.